The molecule has 0 saturated heterocycles. The van der Waals surface area contributed by atoms with Gasteiger partial charge in [-0.25, -0.2) is 0 Å². The molecule has 2 aromatic rings. The molecule has 1 aliphatic carbocycles. The van der Waals surface area contributed by atoms with E-state index >= 15 is 0 Å². The van der Waals surface area contributed by atoms with Crippen LogP contribution in [-0.4, -0.2) is 12.4 Å². The standard InChI is InChI=1S/C20H24O4/c1-2-23-15-9-11-19-16(12-15)18(22)13-20(24-19)17(21)10-8-14-6-4-3-5-7-14/h9,11-14H,2-8,10H2,1H3. The number of benzene rings is 1. The molecule has 4 heteroatoms. The number of hydrogen-bond acceptors (Lipinski definition) is 4. The maximum atomic E-state index is 12.4. The number of carbonyl (C=O) groups excluding carboxylic acids is 1. The summed E-state index contributed by atoms with van der Waals surface area (Å²) >= 11 is 0. The van der Waals surface area contributed by atoms with E-state index in [2.05, 4.69) is 0 Å². The van der Waals surface area contributed by atoms with E-state index in [9.17, 15) is 9.59 Å². The molecule has 4 nitrogen and oxygen atoms in total. The summed E-state index contributed by atoms with van der Waals surface area (Å²) in [6.07, 6.45) is 7.64. The number of ether oxygens (including phenoxy) is 1. The summed E-state index contributed by atoms with van der Waals surface area (Å²) in [5, 5.41) is 0.449. The van der Waals surface area contributed by atoms with Crippen molar-refractivity contribution in [3.05, 3.63) is 40.2 Å². The van der Waals surface area contributed by atoms with E-state index in [1.165, 1.54) is 38.2 Å². The lowest BCUT2D eigenvalue weighted by Crippen LogP contribution is -2.11. The highest BCUT2D eigenvalue weighted by Crippen LogP contribution is 2.28. The van der Waals surface area contributed by atoms with Gasteiger partial charge in [-0.2, -0.15) is 0 Å². The van der Waals surface area contributed by atoms with Crippen molar-refractivity contribution in [2.75, 3.05) is 6.61 Å². The fourth-order valence-corrected chi connectivity index (χ4v) is 3.46. The van der Waals surface area contributed by atoms with E-state index in [1.54, 1.807) is 18.2 Å². The molecule has 1 heterocycles. The Labute approximate surface area is 141 Å². The van der Waals surface area contributed by atoms with Crippen LogP contribution in [0.5, 0.6) is 5.75 Å². The second-order valence-corrected chi connectivity index (χ2v) is 6.53. The van der Waals surface area contributed by atoms with Crippen molar-refractivity contribution in [1.82, 2.24) is 0 Å². The van der Waals surface area contributed by atoms with Crippen LogP contribution in [-0.2, 0) is 0 Å². The summed E-state index contributed by atoms with van der Waals surface area (Å²) in [7, 11) is 0. The number of Topliss-reactive ketones (excluding diaryl/α,β-unsaturated/α-hetero) is 1. The SMILES string of the molecule is CCOc1ccc2oc(C(=O)CCC3CCCCC3)cc(=O)c2c1. The van der Waals surface area contributed by atoms with Crippen LogP contribution in [0.15, 0.2) is 33.5 Å². The van der Waals surface area contributed by atoms with Crippen molar-refractivity contribution >= 4 is 16.8 Å². The highest BCUT2D eigenvalue weighted by atomic mass is 16.5. The Balaban J connectivity index is 1.75. The smallest absolute Gasteiger partial charge is 0.198 e. The molecule has 1 saturated carbocycles. The predicted molar refractivity (Wildman–Crippen MR) is 93.8 cm³/mol. The van der Waals surface area contributed by atoms with Gasteiger partial charge in [0.25, 0.3) is 0 Å². The Hall–Kier alpha value is -2.10. The van der Waals surface area contributed by atoms with Gasteiger partial charge in [0.05, 0.1) is 12.0 Å². The Kier molecular flexibility index (Phi) is 5.34. The monoisotopic (exact) mass is 328 g/mol. The van der Waals surface area contributed by atoms with Crippen LogP contribution < -0.4 is 10.2 Å². The highest BCUT2D eigenvalue weighted by molar-refractivity contribution is 5.94. The second kappa shape index (κ2) is 7.65. The maximum Gasteiger partial charge on any atom is 0.198 e. The Morgan fingerprint density at radius 2 is 2.00 bits per heavy atom. The second-order valence-electron chi connectivity index (χ2n) is 6.53. The lowest BCUT2D eigenvalue weighted by molar-refractivity contribution is 0.0943. The fraction of sp³-hybridized carbons (Fsp3) is 0.500. The first-order valence-electron chi connectivity index (χ1n) is 8.91. The van der Waals surface area contributed by atoms with Crippen LogP contribution in [0.25, 0.3) is 11.0 Å². The molecule has 0 atom stereocenters. The third-order valence-electron chi connectivity index (χ3n) is 4.79. The lowest BCUT2D eigenvalue weighted by atomic mass is 9.85. The highest BCUT2D eigenvalue weighted by Gasteiger charge is 2.18. The molecule has 0 amide bonds. The zero-order valence-electron chi connectivity index (χ0n) is 14.2. The minimum Gasteiger partial charge on any atom is -0.494 e. The fourth-order valence-electron chi connectivity index (χ4n) is 3.46. The van der Waals surface area contributed by atoms with Crippen molar-refractivity contribution in [3.63, 3.8) is 0 Å². The molecule has 1 aliphatic rings. The lowest BCUT2D eigenvalue weighted by Gasteiger charge is -2.20. The van der Waals surface area contributed by atoms with Crippen LogP contribution in [0, 0.1) is 5.92 Å². The van der Waals surface area contributed by atoms with Crippen molar-refractivity contribution in [2.45, 2.75) is 51.9 Å². The third kappa shape index (κ3) is 3.86. The minimum atomic E-state index is -0.196. The van der Waals surface area contributed by atoms with E-state index in [0.29, 0.717) is 35.7 Å². The molecular formula is C20H24O4. The molecule has 24 heavy (non-hydrogen) atoms. The Morgan fingerprint density at radius 3 is 2.75 bits per heavy atom. The zero-order valence-corrected chi connectivity index (χ0v) is 14.2. The molecule has 0 spiro atoms. The van der Waals surface area contributed by atoms with E-state index in [-0.39, 0.29) is 17.0 Å². The number of ketones is 1. The van der Waals surface area contributed by atoms with Crippen LogP contribution in [0.1, 0.15) is 62.4 Å². The average molecular weight is 328 g/mol. The minimum absolute atomic E-state index is 0.0755. The average Bonchev–Trinajstić information content (AvgIpc) is 2.61. The summed E-state index contributed by atoms with van der Waals surface area (Å²) in [5.74, 6) is 1.37. The molecule has 3 rings (SSSR count). The van der Waals surface area contributed by atoms with Crippen molar-refractivity contribution < 1.29 is 13.9 Å². The van der Waals surface area contributed by atoms with E-state index in [1.807, 2.05) is 6.92 Å². The van der Waals surface area contributed by atoms with Crippen LogP contribution in [0.3, 0.4) is 0 Å². The van der Waals surface area contributed by atoms with Gasteiger partial charge in [0.15, 0.2) is 17.0 Å². The van der Waals surface area contributed by atoms with Gasteiger partial charge in [-0.3, -0.25) is 9.59 Å². The van der Waals surface area contributed by atoms with Gasteiger partial charge in [0.1, 0.15) is 11.3 Å². The Bertz CT molecular complexity index is 769. The summed E-state index contributed by atoms with van der Waals surface area (Å²) in [5.41, 5.74) is 0.241. The van der Waals surface area contributed by atoms with E-state index in [4.69, 9.17) is 9.15 Å². The number of fused-ring (bicyclic) bond motifs is 1. The molecular weight excluding hydrogens is 304 g/mol. The van der Waals surface area contributed by atoms with Gasteiger partial charge in [-0.1, -0.05) is 32.1 Å². The van der Waals surface area contributed by atoms with Gasteiger partial charge >= 0.3 is 0 Å². The zero-order chi connectivity index (χ0) is 16.9. The van der Waals surface area contributed by atoms with Gasteiger partial charge in [0.2, 0.25) is 0 Å². The molecule has 1 fully saturated rings. The van der Waals surface area contributed by atoms with E-state index in [0.717, 1.165) is 6.42 Å². The molecule has 128 valence electrons. The van der Waals surface area contributed by atoms with Crippen LogP contribution in [0.2, 0.25) is 0 Å². The van der Waals surface area contributed by atoms with E-state index < -0.39 is 0 Å². The van der Waals surface area contributed by atoms with Gasteiger partial charge < -0.3 is 9.15 Å². The summed E-state index contributed by atoms with van der Waals surface area (Å²) in [4.78, 5) is 24.7. The normalized spacial score (nSPS) is 15.5. The first kappa shape index (κ1) is 16.7. The molecule has 1 aromatic heterocycles. The number of hydrogen-bond donors (Lipinski definition) is 0. The number of carbonyl (C=O) groups is 1. The van der Waals surface area contributed by atoms with Crippen LogP contribution in [0.4, 0.5) is 0 Å². The molecule has 0 N–H and O–H groups in total. The van der Waals surface area contributed by atoms with Gasteiger partial charge in [-0.05, 0) is 37.5 Å². The molecule has 0 radical (unpaired) electrons. The topological polar surface area (TPSA) is 56.5 Å². The van der Waals surface area contributed by atoms with Crippen molar-refractivity contribution in [1.29, 1.82) is 0 Å². The quantitative estimate of drug-likeness (QED) is 0.719. The summed E-state index contributed by atoms with van der Waals surface area (Å²) < 4.78 is 11.1. The predicted octanol–water partition coefficient (Wildman–Crippen LogP) is 4.73. The number of rotatable bonds is 6. The largest absolute Gasteiger partial charge is 0.494 e. The Morgan fingerprint density at radius 1 is 1.21 bits per heavy atom. The first-order chi connectivity index (χ1) is 11.7. The first-order valence-corrected chi connectivity index (χ1v) is 8.91. The molecule has 0 unspecified atom stereocenters. The molecule has 0 bridgehead atoms. The van der Waals surface area contributed by atoms with Crippen LogP contribution >= 0.6 is 0 Å². The van der Waals surface area contributed by atoms with Crippen molar-refractivity contribution in [2.24, 2.45) is 5.92 Å². The van der Waals surface area contributed by atoms with Gasteiger partial charge in [0, 0.05) is 12.5 Å². The molecule has 1 aromatic carbocycles. The summed E-state index contributed by atoms with van der Waals surface area (Å²) in [6.45, 7) is 2.43. The van der Waals surface area contributed by atoms with Crippen molar-refractivity contribution in [3.8, 4) is 5.75 Å². The third-order valence-corrected chi connectivity index (χ3v) is 4.79. The summed E-state index contributed by atoms with van der Waals surface area (Å²) in [6, 6.07) is 6.44. The van der Waals surface area contributed by atoms with Gasteiger partial charge in [-0.15, -0.1) is 0 Å². The maximum absolute atomic E-state index is 12.4. The molecule has 0 aliphatic heterocycles.